The van der Waals surface area contributed by atoms with E-state index in [1.165, 1.54) is 25.3 Å². The predicted octanol–water partition coefficient (Wildman–Crippen LogP) is 2.18. The third-order valence-electron chi connectivity index (χ3n) is 3.34. The lowest BCUT2D eigenvalue weighted by molar-refractivity contribution is -0.385. The van der Waals surface area contributed by atoms with Crippen molar-refractivity contribution < 1.29 is 18.8 Å². The van der Waals surface area contributed by atoms with E-state index in [2.05, 4.69) is 0 Å². The van der Waals surface area contributed by atoms with E-state index in [1.807, 2.05) is 0 Å². The zero-order valence-electron chi connectivity index (χ0n) is 11.0. The zero-order valence-corrected chi connectivity index (χ0v) is 11.0. The van der Waals surface area contributed by atoms with Crippen molar-refractivity contribution in [3.05, 3.63) is 33.9 Å². The molecule has 0 N–H and O–H groups in total. The Morgan fingerprint density at radius 3 is 2.65 bits per heavy atom. The Kier molecular flexibility index (Phi) is 4.16. The maximum atomic E-state index is 13.1. The van der Waals surface area contributed by atoms with Crippen LogP contribution in [0.5, 0.6) is 5.75 Å². The van der Waals surface area contributed by atoms with Crippen molar-refractivity contribution in [1.82, 2.24) is 4.90 Å². The standard InChI is InChI=1S/C13H15FN2O4/c1-20-12-8-9(2-3-11(12)16(18)19)13(17)15-6-4-10(14)5-7-15/h2-3,8,10H,4-7H2,1H3. The average Bonchev–Trinajstić information content (AvgIpc) is 2.46. The molecule has 1 aromatic rings. The van der Waals surface area contributed by atoms with Gasteiger partial charge in [0.25, 0.3) is 5.91 Å². The molecule has 0 atom stereocenters. The number of carbonyl (C=O) groups excluding carboxylic acids is 1. The summed E-state index contributed by atoms with van der Waals surface area (Å²) in [6.45, 7) is 0.721. The first kappa shape index (κ1) is 14.2. The van der Waals surface area contributed by atoms with Gasteiger partial charge in [-0.05, 0) is 18.9 Å². The molecule has 2 rings (SSSR count). The van der Waals surface area contributed by atoms with Crippen LogP contribution in [0.25, 0.3) is 0 Å². The van der Waals surface area contributed by atoms with Crippen molar-refractivity contribution in [1.29, 1.82) is 0 Å². The molecule has 1 saturated heterocycles. The van der Waals surface area contributed by atoms with Gasteiger partial charge in [0.2, 0.25) is 0 Å². The van der Waals surface area contributed by atoms with Crippen LogP contribution in [0.4, 0.5) is 10.1 Å². The molecule has 0 saturated carbocycles. The number of rotatable bonds is 3. The minimum absolute atomic E-state index is 0.0428. The summed E-state index contributed by atoms with van der Waals surface area (Å²) in [4.78, 5) is 24.0. The summed E-state index contributed by atoms with van der Waals surface area (Å²) < 4.78 is 18.0. The second-order valence-corrected chi connectivity index (χ2v) is 4.61. The summed E-state index contributed by atoms with van der Waals surface area (Å²) >= 11 is 0. The van der Waals surface area contributed by atoms with Crippen LogP contribution in [0.1, 0.15) is 23.2 Å². The molecule has 0 unspecified atom stereocenters. The third-order valence-corrected chi connectivity index (χ3v) is 3.34. The molecule has 1 fully saturated rings. The Labute approximate surface area is 115 Å². The van der Waals surface area contributed by atoms with Gasteiger partial charge in [-0.3, -0.25) is 14.9 Å². The largest absolute Gasteiger partial charge is 0.490 e. The number of nitro benzene ring substituents is 1. The number of methoxy groups -OCH3 is 1. The first-order chi connectivity index (χ1) is 9.52. The van der Waals surface area contributed by atoms with Gasteiger partial charge in [-0.15, -0.1) is 0 Å². The first-order valence-corrected chi connectivity index (χ1v) is 6.28. The summed E-state index contributed by atoms with van der Waals surface area (Å²) in [5.41, 5.74) is 0.122. The second-order valence-electron chi connectivity index (χ2n) is 4.61. The highest BCUT2D eigenvalue weighted by atomic mass is 19.1. The van der Waals surface area contributed by atoms with Crippen LogP contribution in [0, 0.1) is 10.1 Å². The van der Waals surface area contributed by atoms with Gasteiger partial charge >= 0.3 is 5.69 Å². The minimum Gasteiger partial charge on any atom is -0.490 e. The van der Waals surface area contributed by atoms with Gasteiger partial charge < -0.3 is 9.64 Å². The molecule has 7 heteroatoms. The van der Waals surface area contributed by atoms with Crippen molar-refractivity contribution in [2.75, 3.05) is 20.2 Å². The number of likely N-dealkylation sites (tertiary alicyclic amines) is 1. The van der Waals surface area contributed by atoms with E-state index in [0.29, 0.717) is 31.5 Å². The highest BCUT2D eigenvalue weighted by Gasteiger charge is 2.25. The number of halogens is 1. The van der Waals surface area contributed by atoms with E-state index in [0.717, 1.165) is 0 Å². The Bertz CT molecular complexity index is 527. The zero-order chi connectivity index (χ0) is 14.7. The molecule has 20 heavy (non-hydrogen) atoms. The Morgan fingerprint density at radius 2 is 2.10 bits per heavy atom. The SMILES string of the molecule is COc1cc(C(=O)N2CCC(F)CC2)ccc1[N+](=O)[O-]. The first-order valence-electron chi connectivity index (χ1n) is 6.28. The van der Waals surface area contributed by atoms with Crippen molar-refractivity contribution in [3.8, 4) is 5.75 Å². The van der Waals surface area contributed by atoms with E-state index < -0.39 is 11.1 Å². The number of alkyl halides is 1. The fourth-order valence-electron chi connectivity index (χ4n) is 2.20. The highest BCUT2D eigenvalue weighted by Crippen LogP contribution is 2.28. The number of hydrogen-bond acceptors (Lipinski definition) is 4. The van der Waals surface area contributed by atoms with Gasteiger partial charge in [0.05, 0.1) is 12.0 Å². The average molecular weight is 282 g/mol. The summed E-state index contributed by atoms with van der Waals surface area (Å²) in [5, 5.41) is 10.8. The van der Waals surface area contributed by atoms with Crippen molar-refractivity contribution in [2.45, 2.75) is 19.0 Å². The van der Waals surface area contributed by atoms with Gasteiger partial charge in [0, 0.05) is 30.8 Å². The van der Waals surface area contributed by atoms with Crippen molar-refractivity contribution in [3.63, 3.8) is 0 Å². The topological polar surface area (TPSA) is 72.7 Å². The number of carbonyl (C=O) groups is 1. The molecule has 0 bridgehead atoms. The number of hydrogen-bond donors (Lipinski definition) is 0. The molecule has 1 amide bonds. The van der Waals surface area contributed by atoms with Crippen LogP contribution >= 0.6 is 0 Å². The van der Waals surface area contributed by atoms with Gasteiger partial charge in [-0.25, -0.2) is 4.39 Å². The molecule has 0 spiro atoms. The monoisotopic (exact) mass is 282 g/mol. The summed E-state index contributed by atoms with van der Waals surface area (Å²) in [6, 6.07) is 3.99. The lowest BCUT2D eigenvalue weighted by Crippen LogP contribution is -2.39. The van der Waals surface area contributed by atoms with E-state index in [-0.39, 0.29) is 17.3 Å². The van der Waals surface area contributed by atoms with Gasteiger partial charge in [-0.1, -0.05) is 0 Å². The summed E-state index contributed by atoms with van der Waals surface area (Å²) in [7, 11) is 1.31. The lowest BCUT2D eigenvalue weighted by Gasteiger charge is -2.28. The molecule has 0 radical (unpaired) electrons. The lowest BCUT2D eigenvalue weighted by atomic mass is 10.1. The van der Waals surface area contributed by atoms with Crippen LogP contribution in [0.2, 0.25) is 0 Å². The Hall–Kier alpha value is -2.18. The van der Waals surface area contributed by atoms with Crippen LogP contribution in [0.3, 0.4) is 0 Å². The van der Waals surface area contributed by atoms with E-state index >= 15 is 0 Å². The van der Waals surface area contributed by atoms with Crippen molar-refractivity contribution >= 4 is 11.6 Å². The molecule has 1 aliphatic rings. The molecule has 1 heterocycles. The van der Waals surface area contributed by atoms with E-state index in [4.69, 9.17) is 4.74 Å². The van der Waals surface area contributed by atoms with E-state index in [9.17, 15) is 19.3 Å². The fraction of sp³-hybridized carbons (Fsp3) is 0.462. The molecular weight excluding hydrogens is 267 g/mol. The minimum atomic E-state index is -0.856. The second kappa shape index (κ2) is 5.85. The Morgan fingerprint density at radius 1 is 1.45 bits per heavy atom. The maximum Gasteiger partial charge on any atom is 0.310 e. The van der Waals surface area contributed by atoms with Crippen LogP contribution in [-0.2, 0) is 0 Å². The number of ether oxygens (including phenoxy) is 1. The number of piperidine rings is 1. The quantitative estimate of drug-likeness (QED) is 0.629. The smallest absolute Gasteiger partial charge is 0.310 e. The van der Waals surface area contributed by atoms with Crippen LogP contribution in [0.15, 0.2) is 18.2 Å². The predicted molar refractivity (Wildman–Crippen MR) is 69.7 cm³/mol. The normalized spacial score (nSPS) is 16.0. The van der Waals surface area contributed by atoms with Crippen LogP contribution < -0.4 is 4.74 Å². The third kappa shape index (κ3) is 2.87. The number of amides is 1. The van der Waals surface area contributed by atoms with Gasteiger partial charge in [-0.2, -0.15) is 0 Å². The maximum absolute atomic E-state index is 13.1. The number of nitrogens with zero attached hydrogens (tertiary/aromatic N) is 2. The van der Waals surface area contributed by atoms with Crippen molar-refractivity contribution in [2.24, 2.45) is 0 Å². The van der Waals surface area contributed by atoms with Gasteiger partial charge in [0.15, 0.2) is 5.75 Å². The Balaban J connectivity index is 2.20. The molecule has 1 aliphatic heterocycles. The molecule has 6 nitrogen and oxygen atoms in total. The molecule has 0 aromatic heterocycles. The fourth-order valence-corrected chi connectivity index (χ4v) is 2.20. The highest BCUT2D eigenvalue weighted by molar-refractivity contribution is 5.95. The number of benzene rings is 1. The molecule has 0 aliphatic carbocycles. The van der Waals surface area contributed by atoms with Crippen LogP contribution in [-0.4, -0.2) is 42.1 Å². The molecule has 1 aromatic carbocycles. The number of nitro groups is 1. The van der Waals surface area contributed by atoms with Gasteiger partial charge in [0.1, 0.15) is 6.17 Å². The summed E-state index contributed by atoms with van der Waals surface area (Å²) in [6.07, 6.45) is -0.198. The van der Waals surface area contributed by atoms with E-state index in [1.54, 1.807) is 4.90 Å². The molecular formula is C13H15FN2O4. The summed E-state index contributed by atoms with van der Waals surface area (Å²) in [5.74, 6) is -0.216. The molecule has 108 valence electrons.